The third-order valence-electron chi connectivity index (χ3n) is 2.80. The zero-order valence-electron chi connectivity index (χ0n) is 17.1. The van der Waals surface area contributed by atoms with E-state index >= 15 is 0 Å². The van der Waals surface area contributed by atoms with Gasteiger partial charge in [-0.2, -0.15) is 11.8 Å². The molecule has 0 atom stereocenters. The Kier molecular flexibility index (Phi) is 17.0. The molecule has 0 aromatic carbocycles. The van der Waals surface area contributed by atoms with Crippen molar-refractivity contribution in [3.8, 4) is 0 Å². The van der Waals surface area contributed by atoms with Crippen LogP contribution in [0.3, 0.4) is 0 Å². The van der Waals surface area contributed by atoms with Crippen LogP contribution < -0.4 is 5.48 Å². The van der Waals surface area contributed by atoms with Crippen molar-refractivity contribution in [3.05, 3.63) is 11.6 Å². The number of nitrogens with one attached hydrogen (secondary N) is 1. The van der Waals surface area contributed by atoms with E-state index in [-0.39, 0.29) is 0 Å². The van der Waals surface area contributed by atoms with Crippen molar-refractivity contribution in [2.45, 2.75) is 86.2 Å². The Morgan fingerprint density at radius 1 is 1.08 bits per heavy atom. The molecule has 0 radical (unpaired) electrons. The smallest absolute Gasteiger partial charge is 0.441 e. The summed E-state index contributed by atoms with van der Waals surface area (Å²) in [6, 6.07) is 0. The van der Waals surface area contributed by atoms with Crippen LogP contribution in [0.4, 0.5) is 4.79 Å². The fourth-order valence-corrected chi connectivity index (χ4v) is 2.33. The number of amides is 1. The lowest BCUT2D eigenvalue weighted by atomic mass is 10.2. The maximum absolute atomic E-state index is 11.2. The van der Waals surface area contributed by atoms with Gasteiger partial charge >= 0.3 is 12.1 Å². The molecule has 0 spiro atoms. The quantitative estimate of drug-likeness (QED) is 0.337. The van der Waals surface area contributed by atoms with E-state index in [1.165, 1.54) is 37.2 Å². The molecule has 0 saturated heterocycles. The van der Waals surface area contributed by atoms with Crippen LogP contribution in [0.5, 0.6) is 0 Å². The van der Waals surface area contributed by atoms with E-state index in [4.69, 9.17) is 4.74 Å². The van der Waals surface area contributed by atoms with Gasteiger partial charge in [-0.15, -0.1) is 5.48 Å². The monoisotopic (exact) mass is 375 g/mol. The van der Waals surface area contributed by atoms with Gasteiger partial charge in [0.25, 0.3) is 0 Å². The summed E-state index contributed by atoms with van der Waals surface area (Å²) in [4.78, 5) is 26.9. The SMILES string of the molecule is CCC=C(C)C(=O)ONC(=O)OC(C)(C)C.CCCCCCSCC. The van der Waals surface area contributed by atoms with Crippen LogP contribution in [0.15, 0.2) is 11.6 Å². The first kappa shape index (κ1) is 26.1. The maximum atomic E-state index is 11.2. The normalized spacial score (nSPS) is 11.2. The Labute approximate surface area is 158 Å². The highest BCUT2D eigenvalue weighted by Gasteiger charge is 2.17. The average molecular weight is 376 g/mol. The number of hydroxylamine groups is 1. The van der Waals surface area contributed by atoms with Crippen molar-refractivity contribution >= 4 is 23.8 Å². The number of unbranched alkanes of at least 4 members (excludes halogenated alkanes) is 3. The van der Waals surface area contributed by atoms with Crippen molar-refractivity contribution < 1.29 is 19.2 Å². The summed E-state index contributed by atoms with van der Waals surface area (Å²) in [7, 11) is 0. The molecular formula is C19H37NO4S. The van der Waals surface area contributed by atoms with Gasteiger partial charge < -0.3 is 9.57 Å². The first-order valence-electron chi connectivity index (χ1n) is 9.12. The molecule has 5 nitrogen and oxygen atoms in total. The minimum Gasteiger partial charge on any atom is -0.442 e. The molecule has 0 aromatic rings. The summed E-state index contributed by atoms with van der Waals surface area (Å²) in [5.41, 5.74) is 1.75. The molecule has 0 saturated carbocycles. The molecule has 0 aliphatic heterocycles. The Morgan fingerprint density at radius 3 is 2.20 bits per heavy atom. The zero-order chi connectivity index (χ0) is 19.7. The Morgan fingerprint density at radius 2 is 1.72 bits per heavy atom. The molecular weight excluding hydrogens is 338 g/mol. The first-order valence-corrected chi connectivity index (χ1v) is 10.3. The molecule has 0 aliphatic carbocycles. The van der Waals surface area contributed by atoms with Crippen molar-refractivity contribution in [1.82, 2.24) is 5.48 Å². The summed E-state index contributed by atoms with van der Waals surface area (Å²) in [5.74, 6) is 2.07. The lowest BCUT2D eigenvalue weighted by Crippen LogP contribution is -2.34. The average Bonchev–Trinajstić information content (AvgIpc) is 2.52. The number of thioether (sulfide) groups is 1. The van der Waals surface area contributed by atoms with E-state index in [9.17, 15) is 9.59 Å². The number of rotatable bonds is 8. The maximum Gasteiger partial charge on any atom is 0.441 e. The molecule has 1 N–H and O–H groups in total. The molecule has 148 valence electrons. The largest absolute Gasteiger partial charge is 0.442 e. The Balaban J connectivity index is 0. The number of hydrogen-bond donors (Lipinski definition) is 1. The van der Waals surface area contributed by atoms with Crippen molar-refractivity contribution in [2.75, 3.05) is 11.5 Å². The van der Waals surface area contributed by atoms with Gasteiger partial charge in [0.1, 0.15) is 5.60 Å². The fourth-order valence-electron chi connectivity index (χ4n) is 1.63. The second-order valence-electron chi connectivity index (χ2n) is 6.55. The van der Waals surface area contributed by atoms with Crippen LogP contribution in [-0.2, 0) is 14.4 Å². The van der Waals surface area contributed by atoms with E-state index in [0.29, 0.717) is 5.57 Å². The molecule has 6 heteroatoms. The van der Waals surface area contributed by atoms with Gasteiger partial charge in [0.15, 0.2) is 0 Å². The van der Waals surface area contributed by atoms with Gasteiger partial charge in [-0.3, -0.25) is 0 Å². The fraction of sp³-hybridized carbons (Fsp3) is 0.789. The van der Waals surface area contributed by atoms with Crippen LogP contribution in [0.2, 0.25) is 0 Å². The Bertz CT molecular complexity index is 383. The first-order chi connectivity index (χ1) is 11.7. The van der Waals surface area contributed by atoms with E-state index in [1.807, 2.05) is 12.4 Å². The summed E-state index contributed by atoms with van der Waals surface area (Å²) < 4.78 is 4.88. The predicted molar refractivity (Wildman–Crippen MR) is 107 cm³/mol. The van der Waals surface area contributed by atoms with Crippen LogP contribution >= 0.6 is 11.8 Å². The summed E-state index contributed by atoms with van der Waals surface area (Å²) in [6.07, 6.45) is 7.29. The molecule has 0 fully saturated rings. The number of allylic oxidation sites excluding steroid dienone is 1. The lowest BCUT2D eigenvalue weighted by Gasteiger charge is -2.19. The highest BCUT2D eigenvalue weighted by Crippen LogP contribution is 2.07. The van der Waals surface area contributed by atoms with E-state index in [1.54, 1.807) is 33.8 Å². The molecule has 1 amide bonds. The third-order valence-corrected chi connectivity index (χ3v) is 3.79. The molecule has 0 rings (SSSR count). The van der Waals surface area contributed by atoms with Crippen LogP contribution in [-0.4, -0.2) is 29.2 Å². The summed E-state index contributed by atoms with van der Waals surface area (Å²) in [5, 5.41) is 0. The second kappa shape index (κ2) is 16.3. The number of hydrogen-bond acceptors (Lipinski definition) is 5. The topological polar surface area (TPSA) is 64.6 Å². The molecule has 25 heavy (non-hydrogen) atoms. The molecule has 0 unspecified atom stereocenters. The minimum atomic E-state index is -0.787. The van der Waals surface area contributed by atoms with Gasteiger partial charge in [-0.1, -0.05) is 46.1 Å². The zero-order valence-corrected chi connectivity index (χ0v) is 17.9. The lowest BCUT2D eigenvalue weighted by molar-refractivity contribution is -0.145. The van der Waals surface area contributed by atoms with E-state index < -0.39 is 17.7 Å². The molecule has 0 aliphatic rings. The minimum absolute atomic E-state index is 0.443. The second-order valence-corrected chi connectivity index (χ2v) is 7.94. The van der Waals surface area contributed by atoms with Crippen LogP contribution in [0.1, 0.15) is 80.6 Å². The standard InChI is InChI=1S/C11H19NO4.C8H18S/c1-6-7-8(2)9(13)16-12-10(14)15-11(3,4)5;1-3-5-6-7-8-9-4-2/h7H,6H2,1-5H3,(H,12,14);3-8H2,1-2H3. The highest BCUT2D eigenvalue weighted by atomic mass is 32.2. The van der Waals surface area contributed by atoms with Gasteiger partial charge in [0.2, 0.25) is 0 Å². The van der Waals surface area contributed by atoms with Gasteiger partial charge in [-0.25, -0.2) is 9.59 Å². The van der Waals surface area contributed by atoms with Crippen molar-refractivity contribution in [1.29, 1.82) is 0 Å². The number of carbonyl (C=O) groups excluding carboxylic acids is 2. The number of ether oxygens (including phenoxy) is 1. The van der Waals surface area contributed by atoms with Crippen molar-refractivity contribution in [2.24, 2.45) is 0 Å². The van der Waals surface area contributed by atoms with E-state index in [0.717, 1.165) is 6.42 Å². The molecule has 0 aromatic heterocycles. The van der Waals surface area contributed by atoms with E-state index in [2.05, 4.69) is 30.4 Å². The third kappa shape index (κ3) is 20.8. The van der Waals surface area contributed by atoms with Gasteiger partial charge in [0.05, 0.1) is 0 Å². The summed E-state index contributed by atoms with van der Waals surface area (Å²) in [6.45, 7) is 13.2. The van der Waals surface area contributed by atoms with Gasteiger partial charge in [0, 0.05) is 5.57 Å². The van der Waals surface area contributed by atoms with Gasteiger partial charge in [-0.05, 0) is 52.0 Å². The predicted octanol–water partition coefficient (Wildman–Crippen LogP) is 5.65. The van der Waals surface area contributed by atoms with Crippen LogP contribution in [0, 0.1) is 0 Å². The Hall–Kier alpha value is -1.17. The highest BCUT2D eigenvalue weighted by molar-refractivity contribution is 7.99. The molecule has 0 heterocycles. The van der Waals surface area contributed by atoms with Crippen LogP contribution in [0.25, 0.3) is 0 Å². The number of carbonyl (C=O) groups is 2. The van der Waals surface area contributed by atoms with Crippen molar-refractivity contribution in [3.63, 3.8) is 0 Å². The molecule has 0 bridgehead atoms. The summed E-state index contributed by atoms with van der Waals surface area (Å²) >= 11 is 2.06.